The van der Waals surface area contributed by atoms with Crippen molar-refractivity contribution in [2.45, 2.75) is 6.42 Å². The molecule has 2 N–H and O–H groups in total. The summed E-state index contributed by atoms with van der Waals surface area (Å²) in [6, 6.07) is 9.58. The van der Waals surface area contributed by atoms with Crippen molar-refractivity contribution in [1.82, 2.24) is 4.90 Å². The maximum absolute atomic E-state index is 12.3. The van der Waals surface area contributed by atoms with Crippen molar-refractivity contribution < 1.29 is 9.78 Å². The van der Waals surface area contributed by atoms with E-state index in [1.165, 1.54) is 11.3 Å². The van der Waals surface area contributed by atoms with Crippen LogP contribution >= 0.6 is 11.3 Å². The van der Waals surface area contributed by atoms with Crippen LogP contribution in [0.2, 0.25) is 0 Å². The Morgan fingerprint density at radius 1 is 1.26 bits per heavy atom. The normalized spacial score (nSPS) is 14.9. The number of anilines is 2. The summed E-state index contributed by atoms with van der Waals surface area (Å²) < 4.78 is 0. The number of aromatic nitrogens is 1. The van der Waals surface area contributed by atoms with E-state index in [-0.39, 0.29) is 6.03 Å². The van der Waals surface area contributed by atoms with E-state index in [0.29, 0.717) is 25.2 Å². The lowest BCUT2D eigenvalue weighted by atomic mass is 10.2. The Bertz CT molecular complexity index is 710. The van der Waals surface area contributed by atoms with Crippen molar-refractivity contribution in [2.75, 3.05) is 36.4 Å². The number of aromatic amines is 1. The van der Waals surface area contributed by atoms with E-state index >= 15 is 0 Å². The zero-order chi connectivity index (χ0) is 16.1. The molecule has 2 aromatic rings. The Morgan fingerprint density at radius 2 is 2.17 bits per heavy atom. The first-order valence-corrected chi connectivity index (χ1v) is 8.41. The van der Waals surface area contributed by atoms with Gasteiger partial charge in [0.05, 0.1) is 24.3 Å². The molecule has 0 spiro atoms. The number of hydrogen-bond acceptors (Lipinski definition) is 4. The average Bonchev–Trinajstić information content (AvgIpc) is 2.96. The van der Waals surface area contributed by atoms with Gasteiger partial charge in [0.2, 0.25) is 0 Å². The van der Waals surface area contributed by atoms with Crippen LogP contribution in [0.4, 0.5) is 15.6 Å². The van der Waals surface area contributed by atoms with E-state index in [2.05, 4.69) is 21.3 Å². The van der Waals surface area contributed by atoms with Crippen molar-refractivity contribution in [3.05, 3.63) is 41.4 Å². The summed E-state index contributed by atoms with van der Waals surface area (Å²) in [5.74, 6) is 0.829. The molecular formula is C16H18N5OS+. The lowest BCUT2D eigenvalue weighted by molar-refractivity contribution is -0.364. The summed E-state index contributed by atoms with van der Waals surface area (Å²) >= 11 is 1.51. The van der Waals surface area contributed by atoms with E-state index in [1.807, 2.05) is 34.7 Å². The van der Waals surface area contributed by atoms with E-state index in [4.69, 9.17) is 0 Å². The van der Waals surface area contributed by atoms with Crippen molar-refractivity contribution in [1.29, 1.82) is 5.26 Å². The third-order valence-corrected chi connectivity index (χ3v) is 4.59. The largest absolute Gasteiger partial charge is 0.322 e. The van der Waals surface area contributed by atoms with E-state index in [0.717, 1.165) is 23.8 Å². The molecule has 6 nitrogen and oxygen atoms in total. The van der Waals surface area contributed by atoms with Crippen LogP contribution in [0.5, 0.6) is 0 Å². The molecule has 118 valence electrons. The number of amides is 2. The van der Waals surface area contributed by atoms with Crippen LogP contribution in [-0.4, -0.2) is 37.1 Å². The smallest absolute Gasteiger partial charge is 0.320 e. The van der Waals surface area contributed by atoms with Gasteiger partial charge in [0.15, 0.2) is 0 Å². The first kappa shape index (κ1) is 15.3. The highest BCUT2D eigenvalue weighted by atomic mass is 32.1. The second kappa shape index (κ2) is 7.11. The van der Waals surface area contributed by atoms with E-state index < -0.39 is 0 Å². The van der Waals surface area contributed by atoms with Crippen molar-refractivity contribution in [3.8, 4) is 6.07 Å². The standard InChI is InChI=1S/C16H17N5OS/c17-12-13-4-1-6-18-15(13)20-7-3-8-21(10-9-20)16(22)19-14-5-2-11-23-14/h1-2,4-6,11H,3,7-10H2,(H,19,22)/p+1. The van der Waals surface area contributed by atoms with Gasteiger partial charge in [0.25, 0.3) is 5.82 Å². The predicted octanol–water partition coefficient (Wildman–Crippen LogP) is 2.18. The van der Waals surface area contributed by atoms with Gasteiger partial charge in [-0.2, -0.15) is 5.26 Å². The molecule has 0 atom stereocenters. The fraction of sp³-hybridized carbons (Fsp3) is 0.312. The SMILES string of the molecule is N#Cc1ccc[nH+]c1N1CCCN(C(=O)Nc2cccs2)CC1. The molecule has 1 fully saturated rings. The highest BCUT2D eigenvalue weighted by molar-refractivity contribution is 7.14. The number of rotatable bonds is 2. The highest BCUT2D eigenvalue weighted by Gasteiger charge is 2.26. The van der Waals surface area contributed by atoms with Gasteiger partial charge in [-0.05, 0) is 29.6 Å². The van der Waals surface area contributed by atoms with Gasteiger partial charge in [0, 0.05) is 13.0 Å². The number of thiophene rings is 1. The number of carbonyl (C=O) groups excluding carboxylic acids is 1. The summed E-state index contributed by atoms with van der Waals surface area (Å²) in [6.07, 6.45) is 2.69. The molecule has 2 aromatic heterocycles. The lowest BCUT2D eigenvalue weighted by Gasteiger charge is -2.19. The van der Waals surface area contributed by atoms with Crippen LogP contribution in [0, 0.1) is 11.3 Å². The summed E-state index contributed by atoms with van der Waals surface area (Å²) in [6.45, 7) is 2.86. The van der Waals surface area contributed by atoms with Crippen LogP contribution < -0.4 is 15.2 Å². The van der Waals surface area contributed by atoms with Gasteiger partial charge in [-0.25, -0.2) is 9.78 Å². The summed E-state index contributed by atoms with van der Waals surface area (Å²) in [7, 11) is 0. The molecule has 0 radical (unpaired) electrons. The van der Waals surface area contributed by atoms with Crippen molar-refractivity contribution in [2.24, 2.45) is 0 Å². The van der Waals surface area contributed by atoms with Gasteiger partial charge >= 0.3 is 6.03 Å². The van der Waals surface area contributed by atoms with Crippen LogP contribution in [0.3, 0.4) is 0 Å². The second-order valence-corrected chi connectivity index (χ2v) is 6.23. The monoisotopic (exact) mass is 328 g/mol. The number of nitrogens with zero attached hydrogens (tertiary/aromatic N) is 3. The minimum absolute atomic E-state index is 0.0631. The van der Waals surface area contributed by atoms with Crippen LogP contribution in [0.1, 0.15) is 12.0 Å². The van der Waals surface area contributed by atoms with Gasteiger partial charge in [0.1, 0.15) is 18.2 Å². The average molecular weight is 328 g/mol. The second-order valence-electron chi connectivity index (χ2n) is 5.28. The number of urea groups is 1. The number of nitriles is 1. The zero-order valence-electron chi connectivity index (χ0n) is 12.7. The Labute approximate surface area is 139 Å². The lowest BCUT2D eigenvalue weighted by Crippen LogP contribution is -2.38. The number of carbonyl (C=O) groups is 1. The molecule has 3 heterocycles. The first-order chi connectivity index (χ1) is 11.3. The third kappa shape index (κ3) is 3.60. The third-order valence-electron chi connectivity index (χ3n) is 3.81. The zero-order valence-corrected chi connectivity index (χ0v) is 13.5. The molecule has 1 saturated heterocycles. The van der Waals surface area contributed by atoms with Gasteiger partial charge in [-0.3, -0.25) is 10.2 Å². The minimum Gasteiger partial charge on any atom is -0.320 e. The quantitative estimate of drug-likeness (QED) is 0.918. The Morgan fingerprint density at radius 3 is 2.96 bits per heavy atom. The topological polar surface area (TPSA) is 73.5 Å². The summed E-state index contributed by atoms with van der Waals surface area (Å²) in [4.78, 5) is 19.4. The van der Waals surface area contributed by atoms with Crippen LogP contribution in [-0.2, 0) is 0 Å². The van der Waals surface area contributed by atoms with Gasteiger partial charge < -0.3 is 4.90 Å². The Hall–Kier alpha value is -2.59. The fourth-order valence-corrected chi connectivity index (χ4v) is 3.27. The number of pyridine rings is 1. The molecule has 1 aliphatic rings. The van der Waals surface area contributed by atoms with Crippen LogP contribution in [0.15, 0.2) is 35.8 Å². The number of nitrogens with one attached hydrogen (secondary N) is 2. The minimum atomic E-state index is -0.0631. The predicted molar refractivity (Wildman–Crippen MR) is 89.5 cm³/mol. The molecule has 0 saturated carbocycles. The molecule has 23 heavy (non-hydrogen) atoms. The molecule has 0 aromatic carbocycles. The van der Waals surface area contributed by atoms with E-state index in [9.17, 15) is 10.1 Å². The summed E-state index contributed by atoms with van der Waals surface area (Å²) in [5.41, 5.74) is 0.629. The van der Waals surface area contributed by atoms with Crippen molar-refractivity contribution in [3.63, 3.8) is 0 Å². The van der Waals surface area contributed by atoms with Crippen molar-refractivity contribution >= 4 is 28.2 Å². The molecule has 2 amide bonds. The number of hydrogen-bond donors (Lipinski definition) is 1. The van der Waals surface area contributed by atoms with Crippen LogP contribution in [0.25, 0.3) is 0 Å². The fourth-order valence-electron chi connectivity index (χ4n) is 2.66. The van der Waals surface area contributed by atoms with E-state index in [1.54, 1.807) is 6.07 Å². The van der Waals surface area contributed by atoms with Gasteiger partial charge in [-0.1, -0.05) is 0 Å². The summed E-state index contributed by atoms with van der Waals surface area (Å²) in [5, 5.41) is 15.0. The molecule has 0 bridgehead atoms. The molecule has 3 rings (SSSR count). The van der Waals surface area contributed by atoms with Gasteiger partial charge in [-0.15, -0.1) is 11.3 Å². The molecular weight excluding hydrogens is 310 g/mol. The maximum Gasteiger partial charge on any atom is 0.322 e. The highest BCUT2D eigenvalue weighted by Crippen LogP contribution is 2.18. The molecule has 1 aliphatic heterocycles. The maximum atomic E-state index is 12.3. The number of H-pyrrole nitrogens is 1. The molecule has 7 heteroatoms. The Balaban J connectivity index is 1.65. The molecule has 0 unspecified atom stereocenters. The molecule has 0 aliphatic carbocycles. The first-order valence-electron chi connectivity index (χ1n) is 7.53. The Kier molecular flexibility index (Phi) is 4.74.